The van der Waals surface area contributed by atoms with Crippen LogP contribution in [-0.4, -0.2) is 21.3 Å². The van der Waals surface area contributed by atoms with E-state index in [9.17, 15) is 9.59 Å². The summed E-state index contributed by atoms with van der Waals surface area (Å²) in [5, 5.41) is 4.52. The number of benzene rings is 1. The maximum atomic E-state index is 11.6. The summed E-state index contributed by atoms with van der Waals surface area (Å²) in [5.41, 5.74) is 4.71. The van der Waals surface area contributed by atoms with Crippen LogP contribution in [0, 0.1) is 0 Å². The Hall–Kier alpha value is -2.08. The van der Waals surface area contributed by atoms with Crippen molar-refractivity contribution in [2.75, 3.05) is 6.54 Å². The lowest BCUT2D eigenvalue weighted by atomic mass is 9.92. The number of nitrogens with two attached hydrogens (primary N) is 1. The smallest absolute Gasteiger partial charge is 0.328 e. The molecule has 1 aromatic carbocycles. The number of rotatable bonds is 3. The van der Waals surface area contributed by atoms with E-state index in [2.05, 4.69) is 10.2 Å². The zero-order valence-corrected chi connectivity index (χ0v) is 9.43. The van der Waals surface area contributed by atoms with Crippen molar-refractivity contribution in [3.63, 3.8) is 0 Å². The highest BCUT2D eigenvalue weighted by atomic mass is 16.2. The van der Waals surface area contributed by atoms with E-state index in [1.165, 1.54) is 0 Å². The van der Waals surface area contributed by atoms with E-state index < -0.39 is 16.9 Å². The molecule has 0 spiro atoms. The molecule has 2 rings (SSSR count). The first-order valence-electron chi connectivity index (χ1n) is 5.25. The number of H-pyrrole nitrogens is 2. The summed E-state index contributed by atoms with van der Waals surface area (Å²) in [6.07, 6.45) is 0. The van der Waals surface area contributed by atoms with Gasteiger partial charge in [0, 0.05) is 6.54 Å². The topological polar surface area (TPSA) is 96.7 Å². The summed E-state index contributed by atoms with van der Waals surface area (Å²) in [7, 11) is 0. The van der Waals surface area contributed by atoms with Gasteiger partial charge in [-0.25, -0.2) is 24.4 Å². The fourth-order valence-electron chi connectivity index (χ4n) is 1.89. The van der Waals surface area contributed by atoms with Gasteiger partial charge >= 0.3 is 11.4 Å². The largest absolute Gasteiger partial charge is 0.345 e. The molecular formula is C11H14N4O2. The van der Waals surface area contributed by atoms with Crippen molar-refractivity contribution in [1.82, 2.24) is 14.8 Å². The predicted molar refractivity (Wildman–Crippen MR) is 63.9 cm³/mol. The molecule has 1 atom stereocenters. The van der Waals surface area contributed by atoms with E-state index in [0.29, 0.717) is 0 Å². The molecule has 0 aliphatic rings. The third kappa shape index (κ3) is 1.72. The van der Waals surface area contributed by atoms with E-state index >= 15 is 0 Å². The zero-order valence-electron chi connectivity index (χ0n) is 9.43. The molecule has 0 amide bonds. The number of nitrogens with zero attached hydrogens (tertiary/aromatic N) is 1. The van der Waals surface area contributed by atoms with Crippen LogP contribution in [0.3, 0.4) is 0 Å². The van der Waals surface area contributed by atoms with Crippen molar-refractivity contribution in [3.8, 4) is 0 Å². The van der Waals surface area contributed by atoms with Gasteiger partial charge in [0.2, 0.25) is 0 Å². The Kier molecular flexibility index (Phi) is 2.72. The van der Waals surface area contributed by atoms with Crippen molar-refractivity contribution in [2.45, 2.75) is 12.5 Å². The fraction of sp³-hybridized carbons (Fsp3) is 0.273. The summed E-state index contributed by atoms with van der Waals surface area (Å²) >= 11 is 0. The molecule has 0 aliphatic heterocycles. The van der Waals surface area contributed by atoms with E-state index in [0.717, 1.165) is 10.1 Å². The van der Waals surface area contributed by atoms with E-state index in [1.807, 2.05) is 30.3 Å². The average Bonchev–Trinajstić information content (AvgIpc) is 2.70. The number of nitrogens with one attached hydrogen (secondary N) is 2. The van der Waals surface area contributed by atoms with E-state index in [4.69, 9.17) is 5.73 Å². The Labute approximate surface area is 97.1 Å². The van der Waals surface area contributed by atoms with E-state index in [-0.39, 0.29) is 6.54 Å². The lowest BCUT2D eigenvalue weighted by molar-refractivity contribution is 0.382. The number of aromatic amines is 2. The maximum absolute atomic E-state index is 11.6. The minimum absolute atomic E-state index is 0.151. The van der Waals surface area contributed by atoms with Crippen molar-refractivity contribution in [1.29, 1.82) is 0 Å². The summed E-state index contributed by atoms with van der Waals surface area (Å²) in [6.45, 7) is 1.91. The van der Waals surface area contributed by atoms with Gasteiger partial charge in [0.1, 0.15) is 0 Å². The van der Waals surface area contributed by atoms with Crippen LogP contribution in [0.15, 0.2) is 39.9 Å². The lowest BCUT2D eigenvalue weighted by Gasteiger charge is -2.28. The SMILES string of the molecule is CC(CN)(c1ccccc1)n1c(=O)[nH][nH]c1=O. The highest BCUT2D eigenvalue weighted by molar-refractivity contribution is 5.25. The van der Waals surface area contributed by atoms with Gasteiger partial charge in [-0.15, -0.1) is 0 Å². The van der Waals surface area contributed by atoms with Crippen molar-refractivity contribution in [3.05, 3.63) is 56.9 Å². The molecule has 0 radical (unpaired) electrons. The van der Waals surface area contributed by atoms with Gasteiger partial charge in [0.25, 0.3) is 0 Å². The minimum Gasteiger partial charge on any atom is -0.328 e. The molecule has 4 N–H and O–H groups in total. The van der Waals surface area contributed by atoms with Crippen LogP contribution in [0.5, 0.6) is 0 Å². The summed E-state index contributed by atoms with van der Waals surface area (Å²) < 4.78 is 1.10. The molecule has 0 bridgehead atoms. The first-order chi connectivity index (χ1) is 8.09. The fourth-order valence-corrected chi connectivity index (χ4v) is 1.89. The van der Waals surface area contributed by atoms with Gasteiger partial charge in [0.05, 0.1) is 5.54 Å². The highest BCUT2D eigenvalue weighted by Crippen LogP contribution is 2.21. The van der Waals surface area contributed by atoms with Crippen LogP contribution >= 0.6 is 0 Å². The molecule has 2 aromatic rings. The van der Waals surface area contributed by atoms with Crippen molar-refractivity contribution in [2.24, 2.45) is 5.73 Å². The normalized spacial score (nSPS) is 14.5. The van der Waals surface area contributed by atoms with Gasteiger partial charge < -0.3 is 5.73 Å². The molecule has 6 heteroatoms. The van der Waals surface area contributed by atoms with Gasteiger partial charge in [-0.1, -0.05) is 30.3 Å². The Bertz CT molecular complexity index is 583. The lowest BCUT2D eigenvalue weighted by Crippen LogP contribution is -2.49. The molecule has 0 fully saturated rings. The third-order valence-electron chi connectivity index (χ3n) is 2.97. The van der Waals surface area contributed by atoms with Gasteiger partial charge in [-0.2, -0.15) is 0 Å². The van der Waals surface area contributed by atoms with Crippen LogP contribution < -0.4 is 17.1 Å². The van der Waals surface area contributed by atoms with Gasteiger partial charge in [-0.3, -0.25) is 0 Å². The molecule has 1 aromatic heterocycles. The zero-order chi connectivity index (χ0) is 12.5. The average molecular weight is 234 g/mol. The molecule has 0 aliphatic carbocycles. The van der Waals surface area contributed by atoms with Crippen LogP contribution in [0.1, 0.15) is 12.5 Å². The summed E-state index contributed by atoms with van der Waals surface area (Å²) in [5.74, 6) is 0. The summed E-state index contributed by atoms with van der Waals surface area (Å²) in [4.78, 5) is 23.3. The van der Waals surface area contributed by atoms with Gasteiger partial charge in [-0.05, 0) is 12.5 Å². The summed E-state index contributed by atoms with van der Waals surface area (Å²) in [6, 6.07) is 9.23. The molecule has 1 heterocycles. The minimum atomic E-state index is -0.855. The second-order valence-corrected chi connectivity index (χ2v) is 4.04. The molecule has 90 valence electrons. The van der Waals surface area contributed by atoms with Crippen LogP contribution in [0.25, 0.3) is 0 Å². The Morgan fingerprint density at radius 2 is 1.71 bits per heavy atom. The number of hydrogen-bond donors (Lipinski definition) is 3. The number of hydrogen-bond acceptors (Lipinski definition) is 3. The Morgan fingerprint density at radius 1 is 1.18 bits per heavy atom. The Balaban J connectivity index is 2.69. The molecule has 0 saturated carbocycles. The van der Waals surface area contributed by atoms with Crippen LogP contribution in [-0.2, 0) is 5.54 Å². The second-order valence-electron chi connectivity index (χ2n) is 4.04. The number of aromatic nitrogens is 3. The molecular weight excluding hydrogens is 220 g/mol. The monoisotopic (exact) mass is 234 g/mol. The van der Waals surface area contributed by atoms with Gasteiger partial charge in [0.15, 0.2) is 0 Å². The molecule has 1 unspecified atom stereocenters. The third-order valence-corrected chi connectivity index (χ3v) is 2.97. The first-order valence-corrected chi connectivity index (χ1v) is 5.25. The second kappa shape index (κ2) is 4.06. The van der Waals surface area contributed by atoms with Crippen molar-refractivity contribution < 1.29 is 0 Å². The predicted octanol–water partition coefficient (Wildman–Crippen LogP) is -0.413. The first kappa shape index (κ1) is 11.4. The van der Waals surface area contributed by atoms with Crippen LogP contribution in [0.4, 0.5) is 0 Å². The Morgan fingerprint density at radius 3 is 2.18 bits per heavy atom. The molecule has 0 saturated heterocycles. The van der Waals surface area contributed by atoms with Crippen LogP contribution in [0.2, 0.25) is 0 Å². The maximum Gasteiger partial charge on any atom is 0.345 e. The quantitative estimate of drug-likeness (QED) is 0.673. The van der Waals surface area contributed by atoms with Crippen molar-refractivity contribution >= 4 is 0 Å². The van der Waals surface area contributed by atoms with E-state index in [1.54, 1.807) is 6.92 Å². The highest BCUT2D eigenvalue weighted by Gasteiger charge is 2.30. The molecule has 6 nitrogen and oxygen atoms in total. The molecule has 17 heavy (non-hydrogen) atoms. The standard InChI is InChI=1S/C11H14N4O2/c1-11(7-12,8-5-3-2-4-6-8)15-9(16)13-14-10(15)17/h2-6H,7,12H2,1H3,(H,13,16)(H,14,17).